The van der Waals surface area contributed by atoms with Gasteiger partial charge in [0, 0.05) is 72.5 Å². The molecule has 0 aliphatic carbocycles. The molecular formula is C33H30F2N6O4. The normalized spacial score (nSPS) is 13.5. The molecule has 0 unspecified atom stereocenters. The van der Waals surface area contributed by atoms with Crippen LogP contribution in [0.3, 0.4) is 0 Å². The minimum atomic E-state index is -0.728. The fourth-order valence-corrected chi connectivity index (χ4v) is 5.22. The van der Waals surface area contributed by atoms with Crippen LogP contribution in [-0.2, 0) is 11.3 Å². The number of pyridine rings is 2. The number of nitrogens with one attached hydrogen (secondary N) is 2. The van der Waals surface area contributed by atoms with E-state index in [1.54, 1.807) is 17.6 Å². The number of phenols is 1. The lowest BCUT2D eigenvalue weighted by Crippen LogP contribution is -2.43. The van der Waals surface area contributed by atoms with Crippen LogP contribution >= 0.6 is 0 Å². The molecule has 0 radical (unpaired) electrons. The Balaban J connectivity index is 1.33. The number of methoxy groups -OCH3 is 1. The summed E-state index contributed by atoms with van der Waals surface area (Å²) in [6, 6.07) is 15.0. The molecular weight excluding hydrogens is 582 g/mol. The van der Waals surface area contributed by atoms with E-state index in [4.69, 9.17) is 9.94 Å². The van der Waals surface area contributed by atoms with Crippen LogP contribution in [0.15, 0.2) is 67.0 Å². The highest BCUT2D eigenvalue weighted by Gasteiger charge is 2.27. The summed E-state index contributed by atoms with van der Waals surface area (Å²) in [6.07, 6.45) is 7.03. The number of carbonyl (C=O) groups excluding carboxylic acids is 1. The van der Waals surface area contributed by atoms with Gasteiger partial charge in [-0.3, -0.25) is 10.0 Å². The lowest BCUT2D eigenvalue weighted by atomic mass is 9.95. The van der Waals surface area contributed by atoms with Crippen LogP contribution in [-0.4, -0.2) is 52.4 Å². The van der Waals surface area contributed by atoms with Crippen molar-refractivity contribution in [3.8, 4) is 39.8 Å². The lowest BCUT2D eigenvalue weighted by Gasteiger charge is -2.34. The number of amides is 1. The van der Waals surface area contributed by atoms with Gasteiger partial charge in [-0.25, -0.2) is 24.2 Å². The third kappa shape index (κ3) is 7.06. The van der Waals surface area contributed by atoms with Crippen molar-refractivity contribution in [3.63, 3.8) is 0 Å². The number of hydroxylamine groups is 1. The van der Waals surface area contributed by atoms with Crippen LogP contribution in [0, 0.1) is 23.0 Å². The number of nitriles is 1. The van der Waals surface area contributed by atoms with Gasteiger partial charge in [0.25, 0.3) is 5.91 Å². The van der Waals surface area contributed by atoms with Crippen molar-refractivity contribution in [3.05, 3.63) is 95.5 Å². The minimum Gasteiger partial charge on any atom is -0.504 e. The molecule has 45 heavy (non-hydrogen) atoms. The molecule has 10 nitrogen and oxygen atoms in total. The van der Waals surface area contributed by atoms with E-state index >= 15 is 8.78 Å². The van der Waals surface area contributed by atoms with Gasteiger partial charge in [-0.15, -0.1) is 0 Å². The number of phenolic OH excluding ortho intramolecular Hbond substituents is 1. The standard InChI is InChI=1S/C33H30F2N6O4/c1-45-29-15-27(34)25(14-28(29)42)26-19-39-33(32(35)31(26)22-7-8-24(16-36)38-18-22)41-12-10-23(11-13-41)37-17-21-4-2-20(3-5-21)6-9-30(43)40-44/h2-9,14-15,18-19,23,37,42,44H,10-13,17H2,1H3,(H,40,43)/b9-6+. The van der Waals surface area contributed by atoms with E-state index in [0.717, 1.165) is 30.0 Å². The Kier molecular flexibility index (Phi) is 9.62. The maximum absolute atomic E-state index is 16.4. The van der Waals surface area contributed by atoms with Gasteiger partial charge in [-0.2, -0.15) is 5.26 Å². The molecule has 230 valence electrons. The van der Waals surface area contributed by atoms with Crippen molar-refractivity contribution in [1.82, 2.24) is 20.8 Å². The van der Waals surface area contributed by atoms with Crippen molar-refractivity contribution < 1.29 is 28.6 Å². The number of benzene rings is 2. The van der Waals surface area contributed by atoms with Gasteiger partial charge in [0.1, 0.15) is 17.6 Å². The first-order valence-electron chi connectivity index (χ1n) is 14.1. The Morgan fingerprint density at radius 1 is 1.11 bits per heavy atom. The summed E-state index contributed by atoms with van der Waals surface area (Å²) in [7, 11) is 1.30. The Labute approximate surface area is 258 Å². The zero-order valence-corrected chi connectivity index (χ0v) is 24.3. The van der Waals surface area contributed by atoms with Crippen LogP contribution in [0.2, 0.25) is 0 Å². The average molecular weight is 613 g/mol. The molecule has 0 saturated carbocycles. The molecule has 2 aromatic carbocycles. The lowest BCUT2D eigenvalue weighted by molar-refractivity contribution is -0.124. The van der Waals surface area contributed by atoms with E-state index in [0.29, 0.717) is 25.2 Å². The molecule has 0 spiro atoms. The molecule has 0 atom stereocenters. The van der Waals surface area contributed by atoms with E-state index in [2.05, 4.69) is 15.3 Å². The number of anilines is 1. The molecule has 12 heteroatoms. The number of piperidine rings is 1. The molecule has 5 rings (SSSR count). The summed E-state index contributed by atoms with van der Waals surface area (Å²) in [4.78, 5) is 21.5. The zero-order valence-electron chi connectivity index (χ0n) is 24.3. The Hall–Kier alpha value is -5.38. The maximum Gasteiger partial charge on any atom is 0.267 e. The monoisotopic (exact) mass is 612 g/mol. The quantitative estimate of drug-likeness (QED) is 0.117. The van der Waals surface area contributed by atoms with E-state index in [9.17, 15) is 15.2 Å². The van der Waals surface area contributed by atoms with Crippen LogP contribution in [0.1, 0.15) is 29.7 Å². The van der Waals surface area contributed by atoms with Crippen LogP contribution in [0.25, 0.3) is 28.3 Å². The van der Waals surface area contributed by atoms with Crippen molar-refractivity contribution in [2.45, 2.75) is 25.4 Å². The van der Waals surface area contributed by atoms with Crippen LogP contribution < -0.4 is 20.4 Å². The van der Waals surface area contributed by atoms with Crippen LogP contribution in [0.5, 0.6) is 11.5 Å². The first-order valence-corrected chi connectivity index (χ1v) is 14.1. The van der Waals surface area contributed by atoms with Crippen molar-refractivity contribution in [1.29, 1.82) is 5.26 Å². The second-order valence-corrected chi connectivity index (χ2v) is 10.4. The van der Waals surface area contributed by atoms with E-state index < -0.39 is 17.5 Å². The molecule has 1 aliphatic rings. The van der Waals surface area contributed by atoms with Crippen molar-refractivity contribution in [2.24, 2.45) is 0 Å². The van der Waals surface area contributed by atoms with Gasteiger partial charge in [-0.1, -0.05) is 24.3 Å². The molecule has 1 amide bonds. The third-order valence-electron chi connectivity index (χ3n) is 7.63. The largest absolute Gasteiger partial charge is 0.504 e. The number of aromatic hydroxyl groups is 1. The molecule has 0 bridgehead atoms. The van der Waals surface area contributed by atoms with Crippen molar-refractivity contribution in [2.75, 3.05) is 25.1 Å². The molecule has 3 heterocycles. The second-order valence-electron chi connectivity index (χ2n) is 10.4. The summed E-state index contributed by atoms with van der Waals surface area (Å²) < 4.78 is 36.6. The average Bonchev–Trinajstić information content (AvgIpc) is 3.07. The van der Waals surface area contributed by atoms with Crippen molar-refractivity contribution >= 4 is 17.8 Å². The summed E-state index contributed by atoms with van der Waals surface area (Å²) in [5.74, 6) is -2.24. The molecule has 4 N–H and O–H groups in total. The number of hydrogen-bond donors (Lipinski definition) is 4. The van der Waals surface area contributed by atoms with Gasteiger partial charge >= 0.3 is 0 Å². The molecule has 1 aliphatic heterocycles. The second kappa shape index (κ2) is 13.9. The molecule has 4 aromatic rings. The topological polar surface area (TPSA) is 144 Å². The zero-order chi connectivity index (χ0) is 31.9. The summed E-state index contributed by atoms with van der Waals surface area (Å²) in [5, 5.41) is 31.6. The number of aromatic nitrogens is 2. The number of carbonyl (C=O) groups is 1. The number of ether oxygens (including phenoxy) is 1. The first-order chi connectivity index (χ1) is 21.8. The Morgan fingerprint density at radius 2 is 1.87 bits per heavy atom. The fourth-order valence-electron chi connectivity index (χ4n) is 5.22. The van der Waals surface area contributed by atoms with E-state index in [1.165, 1.54) is 37.7 Å². The van der Waals surface area contributed by atoms with Gasteiger partial charge < -0.3 is 20.1 Å². The fraction of sp³-hybridized carbons (Fsp3) is 0.212. The maximum atomic E-state index is 16.4. The predicted molar refractivity (Wildman–Crippen MR) is 163 cm³/mol. The first kappa shape index (κ1) is 31.1. The summed E-state index contributed by atoms with van der Waals surface area (Å²) in [5.41, 5.74) is 4.01. The number of rotatable bonds is 9. The van der Waals surface area contributed by atoms with Gasteiger partial charge in [0.05, 0.1) is 7.11 Å². The van der Waals surface area contributed by atoms with Crippen LogP contribution in [0.4, 0.5) is 14.6 Å². The minimum absolute atomic E-state index is 0.0518. The van der Waals surface area contributed by atoms with E-state index in [1.807, 2.05) is 35.2 Å². The highest BCUT2D eigenvalue weighted by atomic mass is 19.1. The highest BCUT2D eigenvalue weighted by molar-refractivity contribution is 5.90. The Morgan fingerprint density at radius 3 is 2.51 bits per heavy atom. The van der Waals surface area contributed by atoms with Gasteiger partial charge in [-0.05, 0) is 48.2 Å². The SMILES string of the molecule is COc1cc(F)c(-c2cnc(N3CCC(NCc4ccc(/C=C/C(=O)NO)cc4)CC3)c(F)c2-c2ccc(C#N)nc2)cc1O. The highest BCUT2D eigenvalue weighted by Crippen LogP contribution is 2.41. The summed E-state index contributed by atoms with van der Waals surface area (Å²) in [6.45, 7) is 1.68. The molecule has 2 aromatic heterocycles. The number of halogens is 2. The smallest absolute Gasteiger partial charge is 0.267 e. The molecule has 1 saturated heterocycles. The van der Waals surface area contributed by atoms with E-state index in [-0.39, 0.29) is 45.7 Å². The number of nitrogens with zero attached hydrogens (tertiary/aromatic N) is 4. The Bertz CT molecular complexity index is 1750. The molecule has 1 fully saturated rings. The summed E-state index contributed by atoms with van der Waals surface area (Å²) >= 11 is 0. The predicted octanol–water partition coefficient (Wildman–Crippen LogP) is 4.95. The third-order valence-corrected chi connectivity index (χ3v) is 7.63. The van der Waals surface area contributed by atoms with Gasteiger partial charge in [0.2, 0.25) is 0 Å². The number of hydrogen-bond acceptors (Lipinski definition) is 9. The van der Waals surface area contributed by atoms with Gasteiger partial charge in [0.15, 0.2) is 23.1 Å².